The Morgan fingerprint density at radius 2 is 1.54 bits per heavy atom. The standard InChI is InChI=1S/C19H19FN2O2/c1-11-5-3-6-12(2)17(11)22-19(24)16-10-15(16)18(23)21-14-8-4-7-13(20)9-14/h3-9,15-16H,10H2,1-2H3,(H,21,23)(H,22,24). The molecule has 3 rings (SSSR count). The van der Waals surface area contributed by atoms with Gasteiger partial charge < -0.3 is 10.6 Å². The van der Waals surface area contributed by atoms with Crippen LogP contribution in [0.3, 0.4) is 0 Å². The van der Waals surface area contributed by atoms with Crippen LogP contribution in [0.25, 0.3) is 0 Å². The van der Waals surface area contributed by atoms with Crippen molar-refractivity contribution in [2.75, 3.05) is 10.6 Å². The maximum atomic E-state index is 13.1. The number of hydrogen-bond acceptors (Lipinski definition) is 2. The van der Waals surface area contributed by atoms with Gasteiger partial charge in [0.25, 0.3) is 0 Å². The Balaban J connectivity index is 1.60. The number of amides is 2. The summed E-state index contributed by atoms with van der Waals surface area (Å²) in [7, 11) is 0. The van der Waals surface area contributed by atoms with Crippen LogP contribution in [0.15, 0.2) is 42.5 Å². The van der Waals surface area contributed by atoms with Crippen LogP contribution >= 0.6 is 0 Å². The highest BCUT2D eigenvalue weighted by molar-refractivity contribution is 6.03. The van der Waals surface area contributed by atoms with Gasteiger partial charge in [-0.05, 0) is 49.6 Å². The second kappa shape index (κ2) is 6.43. The molecule has 24 heavy (non-hydrogen) atoms. The van der Waals surface area contributed by atoms with Crippen molar-refractivity contribution in [3.63, 3.8) is 0 Å². The van der Waals surface area contributed by atoms with Crippen molar-refractivity contribution >= 4 is 23.2 Å². The van der Waals surface area contributed by atoms with Crippen molar-refractivity contribution < 1.29 is 14.0 Å². The highest BCUT2D eigenvalue weighted by Crippen LogP contribution is 2.40. The average Bonchev–Trinajstić information content (AvgIpc) is 3.32. The number of carbonyl (C=O) groups excluding carboxylic acids is 2. The number of nitrogens with one attached hydrogen (secondary N) is 2. The Labute approximate surface area is 140 Å². The third-order valence-corrected chi connectivity index (χ3v) is 4.29. The van der Waals surface area contributed by atoms with Gasteiger partial charge in [0.05, 0.1) is 11.8 Å². The predicted molar refractivity (Wildman–Crippen MR) is 91.2 cm³/mol. The van der Waals surface area contributed by atoms with Crippen LogP contribution in [0.4, 0.5) is 15.8 Å². The minimum atomic E-state index is -0.409. The molecule has 4 nitrogen and oxygen atoms in total. The molecule has 2 aromatic rings. The largest absolute Gasteiger partial charge is 0.326 e. The fourth-order valence-corrected chi connectivity index (χ4v) is 2.80. The molecule has 2 aromatic carbocycles. The lowest BCUT2D eigenvalue weighted by molar-refractivity contribution is -0.122. The van der Waals surface area contributed by atoms with Gasteiger partial charge in [-0.25, -0.2) is 4.39 Å². The van der Waals surface area contributed by atoms with Crippen molar-refractivity contribution in [3.8, 4) is 0 Å². The molecular weight excluding hydrogens is 307 g/mol. The molecule has 0 aromatic heterocycles. The maximum Gasteiger partial charge on any atom is 0.228 e. The summed E-state index contributed by atoms with van der Waals surface area (Å²) in [5.74, 6) is -1.50. The summed E-state index contributed by atoms with van der Waals surface area (Å²) in [4.78, 5) is 24.5. The molecule has 2 atom stereocenters. The van der Waals surface area contributed by atoms with E-state index in [1.807, 2.05) is 32.0 Å². The number of halogens is 1. The first kappa shape index (κ1) is 16.2. The van der Waals surface area contributed by atoms with E-state index in [1.54, 1.807) is 6.07 Å². The summed E-state index contributed by atoms with van der Waals surface area (Å²) in [6.45, 7) is 3.87. The fraction of sp³-hybridized carbons (Fsp3) is 0.263. The number of anilines is 2. The summed E-state index contributed by atoms with van der Waals surface area (Å²) in [5, 5.41) is 5.58. The molecule has 1 aliphatic rings. The molecule has 0 aliphatic heterocycles. The Morgan fingerprint density at radius 1 is 0.958 bits per heavy atom. The van der Waals surface area contributed by atoms with Crippen LogP contribution < -0.4 is 10.6 Å². The minimum absolute atomic E-state index is 0.146. The van der Waals surface area contributed by atoms with Crippen LogP contribution in [0.5, 0.6) is 0 Å². The zero-order chi connectivity index (χ0) is 17.3. The fourth-order valence-electron chi connectivity index (χ4n) is 2.80. The molecule has 2 N–H and O–H groups in total. The number of aryl methyl sites for hydroxylation is 2. The van der Waals surface area contributed by atoms with Gasteiger partial charge >= 0.3 is 0 Å². The van der Waals surface area contributed by atoms with Crippen LogP contribution in [-0.4, -0.2) is 11.8 Å². The van der Waals surface area contributed by atoms with Gasteiger partial charge in [-0.15, -0.1) is 0 Å². The normalized spacial score (nSPS) is 18.8. The lowest BCUT2D eigenvalue weighted by Crippen LogP contribution is -2.21. The number of rotatable bonds is 4. The van der Waals surface area contributed by atoms with Crippen molar-refractivity contribution in [1.29, 1.82) is 0 Å². The molecule has 0 saturated heterocycles. The van der Waals surface area contributed by atoms with Gasteiger partial charge in [-0.1, -0.05) is 24.3 Å². The van der Waals surface area contributed by atoms with Crippen LogP contribution in [0, 0.1) is 31.5 Å². The van der Waals surface area contributed by atoms with Crippen molar-refractivity contribution in [2.45, 2.75) is 20.3 Å². The van der Waals surface area contributed by atoms with Gasteiger partial charge in [-0.2, -0.15) is 0 Å². The molecule has 0 radical (unpaired) electrons. The van der Waals surface area contributed by atoms with Gasteiger partial charge in [0.2, 0.25) is 11.8 Å². The summed E-state index contributed by atoms with van der Waals surface area (Å²) in [6, 6.07) is 11.5. The van der Waals surface area contributed by atoms with E-state index >= 15 is 0 Å². The van der Waals surface area contributed by atoms with Crippen LogP contribution in [0.2, 0.25) is 0 Å². The average molecular weight is 326 g/mol. The highest BCUT2D eigenvalue weighted by atomic mass is 19.1. The minimum Gasteiger partial charge on any atom is -0.326 e. The van der Waals surface area contributed by atoms with E-state index in [4.69, 9.17) is 0 Å². The molecule has 0 spiro atoms. The SMILES string of the molecule is Cc1cccc(C)c1NC(=O)C1CC1C(=O)Nc1cccc(F)c1. The van der Waals surface area contributed by atoms with E-state index in [9.17, 15) is 14.0 Å². The molecular formula is C19H19FN2O2. The summed E-state index contributed by atoms with van der Waals surface area (Å²) >= 11 is 0. The first-order valence-corrected chi connectivity index (χ1v) is 7.89. The molecule has 1 aliphatic carbocycles. The molecule has 0 heterocycles. The Morgan fingerprint density at radius 3 is 2.17 bits per heavy atom. The van der Waals surface area contributed by atoms with E-state index in [0.29, 0.717) is 12.1 Å². The van der Waals surface area contributed by atoms with E-state index in [1.165, 1.54) is 18.2 Å². The Hall–Kier alpha value is -2.69. The number of hydrogen-bond donors (Lipinski definition) is 2. The second-order valence-corrected chi connectivity index (χ2v) is 6.20. The number of benzene rings is 2. The molecule has 1 fully saturated rings. The molecule has 0 bridgehead atoms. The number of carbonyl (C=O) groups is 2. The maximum absolute atomic E-state index is 13.1. The first-order chi connectivity index (χ1) is 11.5. The first-order valence-electron chi connectivity index (χ1n) is 7.89. The van der Waals surface area contributed by atoms with Crippen LogP contribution in [0.1, 0.15) is 17.5 Å². The summed E-state index contributed by atoms with van der Waals surface area (Å²) < 4.78 is 13.1. The van der Waals surface area contributed by atoms with Gasteiger partial charge in [-0.3, -0.25) is 9.59 Å². The molecule has 124 valence electrons. The van der Waals surface area contributed by atoms with Crippen molar-refractivity contribution in [3.05, 3.63) is 59.4 Å². The van der Waals surface area contributed by atoms with Gasteiger partial charge in [0.15, 0.2) is 0 Å². The van der Waals surface area contributed by atoms with E-state index in [0.717, 1.165) is 16.8 Å². The van der Waals surface area contributed by atoms with E-state index < -0.39 is 5.82 Å². The zero-order valence-electron chi connectivity index (χ0n) is 13.6. The Kier molecular flexibility index (Phi) is 4.34. The highest BCUT2D eigenvalue weighted by Gasteiger charge is 2.48. The van der Waals surface area contributed by atoms with E-state index in [-0.39, 0.29) is 23.7 Å². The topological polar surface area (TPSA) is 58.2 Å². The molecule has 1 saturated carbocycles. The number of para-hydroxylation sites is 1. The second-order valence-electron chi connectivity index (χ2n) is 6.20. The Bertz CT molecular complexity index is 783. The monoisotopic (exact) mass is 326 g/mol. The molecule has 5 heteroatoms. The third kappa shape index (κ3) is 3.45. The van der Waals surface area contributed by atoms with Crippen molar-refractivity contribution in [2.24, 2.45) is 11.8 Å². The van der Waals surface area contributed by atoms with Gasteiger partial charge in [0.1, 0.15) is 5.82 Å². The summed E-state index contributed by atoms with van der Waals surface area (Å²) in [6.07, 6.45) is 0.512. The lowest BCUT2D eigenvalue weighted by Gasteiger charge is -2.11. The quantitative estimate of drug-likeness (QED) is 0.901. The van der Waals surface area contributed by atoms with E-state index in [2.05, 4.69) is 10.6 Å². The predicted octanol–water partition coefficient (Wildman–Crippen LogP) is 3.66. The third-order valence-electron chi connectivity index (χ3n) is 4.29. The van der Waals surface area contributed by atoms with Gasteiger partial charge in [0, 0.05) is 11.4 Å². The molecule has 2 amide bonds. The lowest BCUT2D eigenvalue weighted by atomic mass is 10.1. The smallest absolute Gasteiger partial charge is 0.228 e. The zero-order valence-corrected chi connectivity index (χ0v) is 13.6. The van der Waals surface area contributed by atoms with Crippen molar-refractivity contribution in [1.82, 2.24) is 0 Å². The van der Waals surface area contributed by atoms with Crippen LogP contribution in [-0.2, 0) is 9.59 Å². The molecule has 2 unspecified atom stereocenters. The summed E-state index contributed by atoms with van der Waals surface area (Å²) in [5.41, 5.74) is 3.19.